The molecule has 0 bridgehead atoms. The number of nitriles is 2. The molecule has 4 nitrogen and oxygen atoms in total. The Morgan fingerprint density at radius 1 is 1.07 bits per heavy atom. The van der Waals surface area contributed by atoms with E-state index in [1.165, 1.54) is 0 Å². The molecule has 0 unspecified atom stereocenters. The van der Waals surface area contributed by atoms with Gasteiger partial charge in [0.05, 0.1) is 38.2 Å². The third-order valence-electron chi connectivity index (χ3n) is 1.83. The van der Waals surface area contributed by atoms with Crippen molar-refractivity contribution in [3.8, 4) is 12.1 Å². The van der Waals surface area contributed by atoms with Crippen LogP contribution in [0.3, 0.4) is 0 Å². The van der Waals surface area contributed by atoms with Crippen LogP contribution in [0.2, 0.25) is 0 Å². The van der Waals surface area contributed by atoms with Crippen LogP contribution < -0.4 is 0 Å². The fourth-order valence-electron chi connectivity index (χ4n) is 1.06. The fourth-order valence-corrected chi connectivity index (χ4v) is 1.06. The van der Waals surface area contributed by atoms with Gasteiger partial charge in [0, 0.05) is 0 Å². The maximum atomic E-state index is 8.36. The van der Waals surface area contributed by atoms with Crippen LogP contribution in [0.25, 0.3) is 0 Å². The van der Waals surface area contributed by atoms with E-state index in [9.17, 15) is 0 Å². The van der Waals surface area contributed by atoms with E-state index in [1.54, 1.807) is 0 Å². The van der Waals surface area contributed by atoms with E-state index in [-0.39, 0.29) is 6.29 Å². The van der Waals surface area contributed by atoms with Gasteiger partial charge in [-0.15, -0.1) is 0 Å². The molecule has 0 atom stereocenters. The minimum absolute atomic E-state index is 0.258. The lowest BCUT2D eigenvalue weighted by Crippen LogP contribution is -2.18. The Hall–Kier alpha value is -1.10. The topological polar surface area (TPSA) is 66.0 Å². The molecule has 0 aromatic rings. The van der Waals surface area contributed by atoms with Crippen molar-refractivity contribution in [1.29, 1.82) is 10.5 Å². The van der Waals surface area contributed by atoms with Crippen LogP contribution in [0.5, 0.6) is 0 Å². The maximum absolute atomic E-state index is 8.36. The van der Waals surface area contributed by atoms with Crippen molar-refractivity contribution in [3.05, 3.63) is 0 Å². The molecule has 4 heteroatoms. The Morgan fingerprint density at radius 2 is 1.60 bits per heavy atom. The van der Waals surface area contributed by atoms with E-state index in [2.05, 4.69) is 6.92 Å². The van der Waals surface area contributed by atoms with Gasteiger partial charge in [-0.3, -0.25) is 0 Å². The van der Waals surface area contributed by atoms with Gasteiger partial charge in [0.25, 0.3) is 0 Å². The van der Waals surface area contributed by atoms with Crippen molar-refractivity contribution in [2.24, 2.45) is 0 Å². The summed E-state index contributed by atoms with van der Waals surface area (Å²) in [6.07, 6.45) is 3.44. The van der Waals surface area contributed by atoms with Gasteiger partial charge in [-0.2, -0.15) is 10.5 Å². The van der Waals surface area contributed by atoms with Crippen molar-refractivity contribution in [1.82, 2.24) is 0 Å². The Morgan fingerprint density at radius 3 is 2.00 bits per heavy atom. The van der Waals surface area contributed by atoms with Gasteiger partial charge >= 0.3 is 0 Å². The van der Waals surface area contributed by atoms with Crippen molar-refractivity contribution >= 4 is 0 Å². The highest BCUT2D eigenvalue weighted by atomic mass is 16.7. The quantitative estimate of drug-likeness (QED) is 0.433. The maximum Gasteiger partial charge on any atom is 0.157 e. The average molecular weight is 210 g/mol. The molecule has 0 aromatic heterocycles. The van der Waals surface area contributed by atoms with Crippen molar-refractivity contribution in [3.63, 3.8) is 0 Å². The molecule has 0 amide bonds. The zero-order valence-corrected chi connectivity index (χ0v) is 9.24. The number of rotatable bonds is 9. The summed E-state index contributed by atoms with van der Waals surface area (Å²) < 4.78 is 10.8. The molecular formula is C11H18N2O2. The molecule has 0 rings (SSSR count). The second-order valence-corrected chi connectivity index (χ2v) is 3.13. The lowest BCUT2D eigenvalue weighted by atomic mass is 10.2. The lowest BCUT2D eigenvalue weighted by Gasteiger charge is -2.16. The monoisotopic (exact) mass is 210 g/mol. The van der Waals surface area contributed by atoms with E-state index < -0.39 is 0 Å². The molecular weight excluding hydrogens is 192 g/mol. The van der Waals surface area contributed by atoms with Crippen LogP contribution in [0.15, 0.2) is 0 Å². The summed E-state index contributed by atoms with van der Waals surface area (Å²) in [5.41, 5.74) is 0. The molecule has 0 spiro atoms. The molecule has 0 heterocycles. The molecule has 0 fully saturated rings. The first-order valence-corrected chi connectivity index (χ1v) is 5.32. The second kappa shape index (κ2) is 11.0. The second-order valence-electron chi connectivity index (χ2n) is 3.13. The Balaban J connectivity index is 3.64. The number of unbranched alkanes of at least 4 members (excludes halogenated alkanes) is 1. The van der Waals surface area contributed by atoms with Crippen molar-refractivity contribution in [2.45, 2.75) is 45.3 Å². The van der Waals surface area contributed by atoms with Gasteiger partial charge in [0.1, 0.15) is 0 Å². The van der Waals surface area contributed by atoms with Crippen LogP contribution in [-0.4, -0.2) is 19.5 Å². The third kappa shape index (κ3) is 9.21. The van der Waals surface area contributed by atoms with E-state index in [0.717, 1.165) is 19.3 Å². The van der Waals surface area contributed by atoms with E-state index in [1.807, 2.05) is 12.1 Å². The summed E-state index contributed by atoms with van der Waals surface area (Å²) in [6, 6.07) is 4.03. The van der Waals surface area contributed by atoms with Gasteiger partial charge in [0.15, 0.2) is 6.29 Å². The Kier molecular flexibility index (Phi) is 10.2. The number of nitrogens with zero attached hydrogens (tertiary/aromatic N) is 2. The first-order chi connectivity index (χ1) is 7.35. The minimum Gasteiger partial charge on any atom is -0.352 e. The predicted molar refractivity (Wildman–Crippen MR) is 55.7 cm³/mol. The van der Waals surface area contributed by atoms with Crippen molar-refractivity contribution < 1.29 is 9.47 Å². The van der Waals surface area contributed by atoms with Gasteiger partial charge in [-0.1, -0.05) is 13.3 Å². The Labute approximate surface area is 91.4 Å². The molecule has 0 saturated heterocycles. The molecule has 84 valence electrons. The van der Waals surface area contributed by atoms with E-state index in [4.69, 9.17) is 20.0 Å². The summed E-state index contributed by atoms with van der Waals surface area (Å²) >= 11 is 0. The predicted octanol–water partition coefficient (Wildman–Crippen LogP) is 2.36. The SMILES string of the molecule is CCCCC(OCCC#N)OCCC#N. The van der Waals surface area contributed by atoms with Crippen LogP contribution in [0.1, 0.15) is 39.0 Å². The van der Waals surface area contributed by atoms with E-state index in [0.29, 0.717) is 26.1 Å². The molecule has 0 saturated carbocycles. The first kappa shape index (κ1) is 13.9. The third-order valence-corrected chi connectivity index (χ3v) is 1.83. The summed E-state index contributed by atoms with van der Waals surface area (Å²) in [7, 11) is 0. The standard InChI is InChI=1S/C11H18N2O2/c1-2-3-6-11(14-9-4-7-12)15-10-5-8-13/h11H,2-6,9-10H2,1H3. The zero-order valence-electron chi connectivity index (χ0n) is 9.24. The van der Waals surface area contributed by atoms with Crippen LogP contribution in [-0.2, 0) is 9.47 Å². The van der Waals surface area contributed by atoms with Gasteiger partial charge in [-0.25, -0.2) is 0 Å². The van der Waals surface area contributed by atoms with Crippen LogP contribution >= 0.6 is 0 Å². The zero-order chi connectivity index (χ0) is 11.4. The van der Waals surface area contributed by atoms with Gasteiger partial charge in [-0.05, 0) is 12.8 Å². The average Bonchev–Trinajstić information content (AvgIpc) is 2.25. The van der Waals surface area contributed by atoms with Crippen LogP contribution in [0.4, 0.5) is 0 Å². The normalized spacial score (nSPS) is 9.87. The summed E-state index contributed by atoms with van der Waals surface area (Å²) in [6.45, 7) is 2.90. The molecule has 15 heavy (non-hydrogen) atoms. The highest BCUT2D eigenvalue weighted by Gasteiger charge is 2.08. The summed E-state index contributed by atoms with van der Waals surface area (Å²) in [5, 5.41) is 16.7. The highest BCUT2D eigenvalue weighted by molar-refractivity contribution is 4.68. The number of ether oxygens (including phenoxy) is 2. The highest BCUT2D eigenvalue weighted by Crippen LogP contribution is 2.07. The lowest BCUT2D eigenvalue weighted by molar-refractivity contribution is -0.144. The smallest absolute Gasteiger partial charge is 0.157 e. The van der Waals surface area contributed by atoms with Crippen LogP contribution in [0, 0.1) is 22.7 Å². The molecule has 0 aliphatic heterocycles. The molecule has 0 aromatic carbocycles. The largest absolute Gasteiger partial charge is 0.352 e. The van der Waals surface area contributed by atoms with Gasteiger partial charge < -0.3 is 9.47 Å². The molecule has 0 aliphatic rings. The molecule has 0 aliphatic carbocycles. The first-order valence-electron chi connectivity index (χ1n) is 5.32. The minimum atomic E-state index is -0.258. The summed E-state index contributed by atoms with van der Waals surface area (Å²) in [4.78, 5) is 0. The number of hydrogen-bond donors (Lipinski definition) is 0. The number of hydrogen-bond acceptors (Lipinski definition) is 4. The molecule has 0 radical (unpaired) electrons. The Bertz CT molecular complexity index is 198. The van der Waals surface area contributed by atoms with Crippen molar-refractivity contribution in [2.75, 3.05) is 13.2 Å². The van der Waals surface area contributed by atoms with E-state index >= 15 is 0 Å². The summed E-state index contributed by atoms with van der Waals surface area (Å²) in [5.74, 6) is 0. The molecule has 0 N–H and O–H groups in total. The van der Waals surface area contributed by atoms with Gasteiger partial charge in [0.2, 0.25) is 0 Å². The fraction of sp³-hybridized carbons (Fsp3) is 0.818.